The highest BCUT2D eigenvalue weighted by atomic mass is 16.2. The zero-order valence-corrected chi connectivity index (χ0v) is 9.36. The van der Waals surface area contributed by atoms with Gasteiger partial charge in [0, 0.05) is 31.6 Å². The molecule has 1 rings (SSSR count). The highest BCUT2D eigenvalue weighted by Gasteiger charge is 2.30. The molecule has 4 nitrogen and oxygen atoms in total. The van der Waals surface area contributed by atoms with E-state index in [-0.39, 0.29) is 18.0 Å². The van der Waals surface area contributed by atoms with Crippen LogP contribution in [0.25, 0.3) is 0 Å². The number of hydrazine groups is 1. The first kappa shape index (κ1) is 11.5. The zero-order chi connectivity index (χ0) is 10.7. The number of rotatable bonds is 3. The van der Waals surface area contributed by atoms with Crippen molar-refractivity contribution < 1.29 is 4.79 Å². The third-order valence-electron chi connectivity index (χ3n) is 2.65. The average molecular weight is 199 g/mol. The highest BCUT2D eigenvalue weighted by Crippen LogP contribution is 2.17. The molecule has 1 saturated heterocycles. The fraction of sp³-hybridized carbons (Fsp3) is 0.900. The Hall–Kier alpha value is -0.610. The molecular formula is C10H21N3O. The molecule has 1 aliphatic heterocycles. The maximum Gasteiger partial charge on any atom is 0.237 e. The number of carbonyl (C=O) groups is 1. The number of nitrogens with zero attached hydrogens (tertiary/aromatic N) is 2. The van der Waals surface area contributed by atoms with Gasteiger partial charge >= 0.3 is 0 Å². The van der Waals surface area contributed by atoms with Gasteiger partial charge in [0.15, 0.2) is 0 Å². The minimum absolute atomic E-state index is 0.228. The normalized spacial score (nSPS) is 21.8. The maximum absolute atomic E-state index is 11.7. The van der Waals surface area contributed by atoms with Crippen LogP contribution in [0.3, 0.4) is 0 Å². The average Bonchev–Trinajstić information content (AvgIpc) is 2.15. The van der Waals surface area contributed by atoms with Crippen molar-refractivity contribution in [3.05, 3.63) is 0 Å². The van der Waals surface area contributed by atoms with Crippen LogP contribution in [0.1, 0.15) is 33.6 Å². The van der Waals surface area contributed by atoms with Gasteiger partial charge in [0.2, 0.25) is 5.91 Å². The smallest absolute Gasteiger partial charge is 0.237 e. The van der Waals surface area contributed by atoms with E-state index in [1.165, 1.54) is 0 Å². The Labute approximate surface area is 86.0 Å². The van der Waals surface area contributed by atoms with Gasteiger partial charge in [-0.2, -0.15) is 0 Å². The van der Waals surface area contributed by atoms with Crippen molar-refractivity contribution in [3.8, 4) is 0 Å². The Morgan fingerprint density at radius 1 is 1.43 bits per heavy atom. The molecule has 4 heteroatoms. The quantitative estimate of drug-likeness (QED) is 0.723. The van der Waals surface area contributed by atoms with Crippen molar-refractivity contribution in [1.29, 1.82) is 0 Å². The molecule has 1 atom stereocenters. The van der Waals surface area contributed by atoms with Crippen LogP contribution in [0.5, 0.6) is 0 Å². The van der Waals surface area contributed by atoms with Gasteiger partial charge in [0.1, 0.15) is 0 Å². The molecule has 1 heterocycles. The van der Waals surface area contributed by atoms with Crippen molar-refractivity contribution >= 4 is 5.91 Å². The molecule has 14 heavy (non-hydrogen) atoms. The highest BCUT2D eigenvalue weighted by molar-refractivity contribution is 5.76. The molecule has 82 valence electrons. The lowest BCUT2D eigenvalue weighted by Gasteiger charge is -2.44. The SMILES string of the molecule is CC(CN)N1CCCC(=O)N1C(C)C. The van der Waals surface area contributed by atoms with Crippen molar-refractivity contribution in [2.75, 3.05) is 13.1 Å². The lowest BCUT2D eigenvalue weighted by Crippen LogP contribution is -2.58. The number of carbonyl (C=O) groups excluding carboxylic acids is 1. The fourth-order valence-electron chi connectivity index (χ4n) is 1.90. The maximum atomic E-state index is 11.7. The summed E-state index contributed by atoms with van der Waals surface area (Å²) in [6.45, 7) is 7.69. The van der Waals surface area contributed by atoms with E-state index >= 15 is 0 Å². The van der Waals surface area contributed by atoms with E-state index < -0.39 is 0 Å². The van der Waals surface area contributed by atoms with Gasteiger partial charge in [-0.25, -0.2) is 5.01 Å². The van der Waals surface area contributed by atoms with Crippen molar-refractivity contribution in [2.24, 2.45) is 5.73 Å². The second-order valence-corrected chi connectivity index (χ2v) is 4.18. The molecule has 0 saturated carbocycles. The summed E-state index contributed by atoms with van der Waals surface area (Å²) >= 11 is 0. The zero-order valence-electron chi connectivity index (χ0n) is 9.36. The predicted octanol–water partition coefficient (Wildman–Crippen LogP) is 0.581. The van der Waals surface area contributed by atoms with Gasteiger partial charge in [0.05, 0.1) is 0 Å². The Morgan fingerprint density at radius 3 is 2.57 bits per heavy atom. The van der Waals surface area contributed by atoms with Crippen molar-refractivity contribution in [2.45, 2.75) is 45.7 Å². The van der Waals surface area contributed by atoms with Crippen LogP contribution < -0.4 is 5.73 Å². The summed E-state index contributed by atoms with van der Waals surface area (Å²) in [6, 6.07) is 0.485. The second-order valence-electron chi connectivity index (χ2n) is 4.18. The summed E-state index contributed by atoms with van der Waals surface area (Å²) in [4.78, 5) is 11.7. The summed E-state index contributed by atoms with van der Waals surface area (Å²) < 4.78 is 0. The summed E-state index contributed by atoms with van der Waals surface area (Å²) in [6.07, 6.45) is 1.62. The van der Waals surface area contributed by atoms with E-state index in [4.69, 9.17) is 5.73 Å². The van der Waals surface area contributed by atoms with E-state index in [1.54, 1.807) is 0 Å². The molecule has 0 aliphatic carbocycles. The molecule has 0 radical (unpaired) electrons. The number of nitrogens with two attached hydrogens (primary N) is 1. The fourth-order valence-corrected chi connectivity index (χ4v) is 1.90. The first-order valence-corrected chi connectivity index (χ1v) is 5.36. The standard InChI is InChI=1S/C10H21N3O/c1-8(2)13-10(14)5-4-6-12(13)9(3)7-11/h8-9H,4-7,11H2,1-3H3. The largest absolute Gasteiger partial charge is 0.329 e. The summed E-state index contributed by atoms with van der Waals surface area (Å²) in [7, 11) is 0. The molecule has 0 bridgehead atoms. The van der Waals surface area contributed by atoms with E-state index in [9.17, 15) is 4.79 Å². The number of amides is 1. The molecule has 0 aromatic rings. The summed E-state index contributed by atoms with van der Waals surface area (Å²) in [5.74, 6) is 0.228. The predicted molar refractivity (Wildman–Crippen MR) is 56.4 cm³/mol. The Kier molecular flexibility index (Phi) is 3.89. The lowest BCUT2D eigenvalue weighted by molar-refractivity contribution is -0.165. The van der Waals surface area contributed by atoms with E-state index in [2.05, 4.69) is 11.9 Å². The van der Waals surface area contributed by atoms with Gasteiger partial charge in [-0.05, 0) is 27.2 Å². The molecule has 0 aromatic carbocycles. The van der Waals surface area contributed by atoms with Crippen LogP contribution in [0.15, 0.2) is 0 Å². The van der Waals surface area contributed by atoms with E-state index in [0.717, 1.165) is 13.0 Å². The van der Waals surface area contributed by atoms with Gasteiger partial charge in [-0.3, -0.25) is 9.80 Å². The molecule has 1 unspecified atom stereocenters. The van der Waals surface area contributed by atoms with Crippen LogP contribution in [0, 0.1) is 0 Å². The third kappa shape index (κ3) is 2.25. The van der Waals surface area contributed by atoms with Crippen molar-refractivity contribution in [1.82, 2.24) is 10.0 Å². The van der Waals surface area contributed by atoms with Gasteiger partial charge in [-0.1, -0.05) is 0 Å². The first-order chi connectivity index (χ1) is 6.57. The Balaban J connectivity index is 2.74. The van der Waals surface area contributed by atoms with E-state index in [1.807, 2.05) is 18.9 Å². The molecule has 2 N–H and O–H groups in total. The third-order valence-corrected chi connectivity index (χ3v) is 2.65. The molecule has 1 fully saturated rings. The lowest BCUT2D eigenvalue weighted by atomic mass is 10.1. The van der Waals surface area contributed by atoms with Crippen LogP contribution in [0.2, 0.25) is 0 Å². The van der Waals surface area contributed by atoms with Gasteiger partial charge < -0.3 is 5.73 Å². The number of hydrogen-bond donors (Lipinski definition) is 1. The minimum atomic E-state index is 0.228. The van der Waals surface area contributed by atoms with Crippen LogP contribution in [-0.4, -0.2) is 41.1 Å². The first-order valence-electron chi connectivity index (χ1n) is 5.36. The Bertz CT molecular complexity index is 206. The molecule has 0 spiro atoms. The molecular weight excluding hydrogens is 178 g/mol. The van der Waals surface area contributed by atoms with Crippen LogP contribution in [0.4, 0.5) is 0 Å². The van der Waals surface area contributed by atoms with Crippen molar-refractivity contribution in [3.63, 3.8) is 0 Å². The molecule has 0 aromatic heterocycles. The summed E-state index contributed by atoms with van der Waals surface area (Å²) in [5.41, 5.74) is 5.63. The second kappa shape index (κ2) is 4.75. The topological polar surface area (TPSA) is 49.6 Å². The van der Waals surface area contributed by atoms with Gasteiger partial charge in [-0.15, -0.1) is 0 Å². The molecule has 1 amide bonds. The minimum Gasteiger partial charge on any atom is -0.329 e. The number of hydrogen-bond acceptors (Lipinski definition) is 3. The van der Waals surface area contributed by atoms with Crippen LogP contribution >= 0.6 is 0 Å². The van der Waals surface area contributed by atoms with Gasteiger partial charge in [0.25, 0.3) is 0 Å². The Morgan fingerprint density at radius 2 is 2.07 bits per heavy atom. The monoisotopic (exact) mass is 199 g/mol. The van der Waals surface area contributed by atoms with Crippen LogP contribution in [-0.2, 0) is 4.79 Å². The summed E-state index contributed by atoms with van der Waals surface area (Å²) in [5, 5.41) is 3.97. The molecule has 1 aliphatic rings. The van der Waals surface area contributed by atoms with E-state index in [0.29, 0.717) is 13.0 Å².